The second kappa shape index (κ2) is 5.51. The molecule has 21 heavy (non-hydrogen) atoms. The van der Waals surface area contributed by atoms with Crippen LogP contribution in [0, 0.1) is 21.8 Å². The van der Waals surface area contributed by atoms with Gasteiger partial charge in [0.1, 0.15) is 11.5 Å². The van der Waals surface area contributed by atoms with E-state index in [-0.39, 0.29) is 40.0 Å². The highest BCUT2D eigenvalue weighted by Crippen LogP contribution is 2.40. The molecule has 1 aliphatic heterocycles. The van der Waals surface area contributed by atoms with Gasteiger partial charge in [0.25, 0.3) is 5.69 Å². The first kappa shape index (κ1) is 14.7. The monoisotopic (exact) mass is 359 g/mol. The lowest BCUT2D eigenvalue weighted by Gasteiger charge is -2.52. The number of hydrogen-bond acceptors (Lipinski definition) is 5. The van der Waals surface area contributed by atoms with Crippen molar-refractivity contribution in [3.8, 4) is 0 Å². The molecule has 1 aromatic carbocycles. The van der Waals surface area contributed by atoms with Gasteiger partial charge in [0, 0.05) is 30.7 Å². The zero-order chi connectivity index (χ0) is 15.1. The second-order valence-corrected chi connectivity index (χ2v) is 6.28. The smallest absolute Gasteiger partial charge is 0.293 e. The van der Waals surface area contributed by atoms with Gasteiger partial charge in [-0.05, 0) is 28.8 Å². The Hall–Kier alpha value is -1.25. The second-order valence-electron chi connectivity index (χ2n) is 5.43. The number of hydrogen-bond donors (Lipinski definition) is 2. The van der Waals surface area contributed by atoms with Gasteiger partial charge < -0.3 is 15.8 Å². The van der Waals surface area contributed by atoms with E-state index in [1.54, 1.807) is 0 Å². The molecule has 114 valence electrons. The first-order valence-corrected chi connectivity index (χ1v) is 7.55. The number of ether oxygens (including phenoxy) is 1. The summed E-state index contributed by atoms with van der Waals surface area (Å²) >= 11 is 2.96. The molecule has 1 saturated heterocycles. The Morgan fingerprint density at radius 2 is 2.29 bits per heavy atom. The summed E-state index contributed by atoms with van der Waals surface area (Å²) in [6.07, 6.45) is 1.93. The van der Waals surface area contributed by atoms with Gasteiger partial charge in [0.2, 0.25) is 0 Å². The fraction of sp³-hybridized carbons (Fsp3) is 0.538. The molecule has 1 saturated carbocycles. The molecular formula is C13H15BrFN3O3. The van der Waals surface area contributed by atoms with Gasteiger partial charge >= 0.3 is 0 Å². The largest absolute Gasteiger partial charge is 0.376 e. The minimum absolute atomic E-state index is 0.0555. The van der Waals surface area contributed by atoms with Crippen LogP contribution in [0.2, 0.25) is 0 Å². The van der Waals surface area contributed by atoms with E-state index >= 15 is 0 Å². The van der Waals surface area contributed by atoms with Gasteiger partial charge in [0.15, 0.2) is 0 Å². The maximum absolute atomic E-state index is 13.7. The number of anilines is 1. The summed E-state index contributed by atoms with van der Waals surface area (Å²) in [5, 5.41) is 14.1. The first-order chi connectivity index (χ1) is 9.99. The van der Waals surface area contributed by atoms with E-state index in [1.807, 2.05) is 0 Å². The molecule has 0 spiro atoms. The number of nitrogens with zero attached hydrogens (tertiary/aromatic N) is 1. The zero-order valence-corrected chi connectivity index (χ0v) is 12.7. The maximum atomic E-state index is 13.7. The van der Waals surface area contributed by atoms with Crippen LogP contribution >= 0.6 is 15.9 Å². The Balaban J connectivity index is 1.84. The summed E-state index contributed by atoms with van der Waals surface area (Å²) in [4.78, 5) is 10.6. The lowest BCUT2D eigenvalue weighted by atomic mass is 9.68. The number of nitro benzene ring substituents is 1. The van der Waals surface area contributed by atoms with Crippen LogP contribution in [0.3, 0.4) is 0 Å². The third-order valence-corrected chi connectivity index (χ3v) is 4.84. The van der Waals surface area contributed by atoms with E-state index in [0.717, 1.165) is 25.0 Å². The van der Waals surface area contributed by atoms with Crippen molar-refractivity contribution in [2.75, 3.05) is 11.9 Å². The summed E-state index contributed by atoms with van der Waals surface area (Å²) in [6.45, 7) is 0.670. The molecule has 0 amide bonds. The molecule has 0 aromatic heterocycles. The molecule has 4 atom stereocenters. The van der Waals surface area contributed by atoms with Crippen molar-refractivity contribution in [3.05, 3.63) is 32.5 Å². The van der Waals surface area contributed by atoms with Crippen LogP contribution in [-0.2, 0) is 4.74 Å². The SMILES string of the molecule is NC1C2CCCOC2C1Nc1cc(F)c(Br)cc1[N+](=O)[O-]. The van der Waals surface area contributed by atoms with Crippen LogP contribution in [0.4, 0.5) is 15.8 Å². The molecule has 1 aliphatic carbocycles. The highest BCUT2D eigenvalue weighted by atomic mass is 79.9. The molecule has 1 aromatic rings. The summed E-state index contributed by atoms with van der Waals surface area (Å²) < 4.78 is 19.4. The molecule has 6 nitrogen and oxygen atoms in total. The minimum Gasteiger partial charge on any atom is -0.376 e. The van der Waals surface area contributed by atoms with Gasteiger partial charge in [-0.1, -0.05) is 0 Å². The topological polar surface area (TPSA) is 90.4 Å². The Morgan fingerprint density at radius 3 is 3.00 bits per heavy atom. The molecule has 2 aliphatic rings. The highest BCUT2D eigenvalue weighted by Gasteiger charge is 2.50. The molecular weight excluding hydrogens is 345 g/mol. The van der Waals surface area contributed by atoms with Crippen molar-refractivity contribution in [3.63, 3.8) is 0 Å². The standard InChI is InChI=1S/C13H15BrFN3O3/c14-7-4-10(18(19)20)9(5-8(7)15)17-12-11(16)6-2-1-3-21-13(6)12/h4-6,11-13,17H,1-3,16H2. The van der Waals surface area contributed by atoms with Gasteiger partial charge in [-0.2, -0.15) is 0 Å². The third-order valence-electron chi connectivity index (χ3n) is 4.23. The Morgan fingerprint density at radius 1 is 1.52 bits per heavy atom. The van der Waals surface area contributed by atoms with Crippen molar-refractivity contribution in [2.45, 2.75) is 31.0 Å². The van der Waals surface area contributed by atoms with Gasteiger partial charge in [-0.15, -0.1) is 0 Å². The summed E-state index contributed by atoms with van der Waals surface area (Å²) in [5.74, 6) is -0.285. The van der Waals surface area contributed by atoms with E-state index in [9.17, 15) is 14.5 Å². The number of nitro groups is 1. The molecule has 4 unspecified atom stereocenters. The van der Waals surface area contributed by atoms with E-state index in [4.69, 9.17) is 10.5 Å². The molecule has 0 radical (unpaired) electrons. The third kappa shape index (κ3) is 2.51. The molecule has 0 bridgehead atoms. The lowest BCUT2D eigenvalue weighted by molar-refractivity contribution is -0.384. The van der Waals surface area contributed by atoms with Gasteiger partial charge in [-0.3, -0.25) is 10.1 Å². The number of rotatable bonds is 3. The minimum atomic E-state index is -0.558. The number of nitrogens with one attached hydrogen (secondary N) is 1. The normalized spacial score (nSPS) is 31.2. The lowest BCUT2D eigenvalue weighted by Crippen LogP contribution is -2.69. The van der Waals surface area contributed by atoms with Crippen LogP contribution in [-0.4, -0.2) is 29.7 Å². The van der Waals surface area contributed by atoms with Crippen molar-refractivity contribution in [2.24, 2.45) is 11.7 Å². The molecule has 2 fully saturated rings. The fourth-order valence-corrected chi connectivity index (χ4v) is 3.44. The van der Waals surface area contributed by atoms with Gasteiger partial charge in [0.05, 0.1) is 21.5 Å². The predicted octanol–water partition coefficient (Wildman–Crippen LogP) is 2.41. The van der Waals surface area contributed by atoms with Crippen LogP contribution in [0.5, 0.6) is 0 Å². The quantitative estimate of drug-likeness (QED) is 0.638. The molecule has 1 heterocycles. The van der Waals surface area contributed by atoms with Crippen LogP contribution in [0.15, 0.2) is 16.6 Å². The number of fused-ring (bicyclic) bond motifs is 1. The van der Waals surface area contributed by atoms with Crippen LogP contribution in [0.25, 0.3) is 0 Å². The van der Waals surface area contributed by atoms with Gasteiger partial charge in [-0.25, -0.2) is 4.39 Å². The van der Waals surface area contributed by atoms with Crippen LogP contribution in [0.1, 0.15) is 12.8 Å². The van der Waals surface area contributed by atoms with Crippen molar-refractivity contribution in [1.82, 2.24) is 0 Å². The van der Waals surface area contributed by atoms with Crippen molar-refractivity contribution < 1.29 is 14.1 Å². The molecule has 3 rings (SSSR count). The van der Waals surface area contributed by atoms with Crippen molar-refractivity contribution in [1.29, 1.82) is 0 Å². The molecule has 8 heteroatoms. The Bertz CT molecular complexity index is 586. The fourth-order valence-electron chi connectivity index (χ4n) is 3.11. The Kier molecular flexibility index (Phi) is 3.85. The number of halogens is 2. The summed E-state index contributed by atoms with van der Waals surface area (Å²) in [5.41, 5.74) is 6.05. The van der Waals surface area contributed by atoms with Crippen molar-refractivity contribution >= 4 is 27.3 Å². The Labute approximate surface area is 129 Å². The highest BCUT2D eigenvalue weighted by molar-refractivity contribution is 9.10. The van der Waals surface area contributed by atoms with E-state index < -0.39 is 10.7 Å². The first-order valence-electron chi connectivity index (χ1n) is 6.76. The van der Waals surface area contributed by atoms with Crippen LogP contribution < -0.4 is 11.1 Å². The van der Waals surface area contributed by atoms with E-state index in [2.05, 4.69) is 21.2 Å². The predicted molar refractivity (Wildman–Crippen MR) is 78.6 cm³/mol. The summed E-state index contributed by atoms with van der Waals surface area (Å²) in [7, 11) is 0. The average molecular weight is 360 g/mol. The number of benzene rings is 1. The summed E-state index contributed by atoms with van der Waals surface area (Å²) in [6, 6.07) is 1.91. The van der Waals surface area contributed by atoms with E-state index in [0.29, 0.717) is 6.61 Å². The zero-order valence-electron chi connectivity index (χ0n) is 11.1. The maximum Gasteiger partial charge on any atom is 0.293 e. The average Bonchev–Trinajstić information content (AvgIpc) is 2.47. The molecule has 3 N–H and O–H groups in total. The number of nitrogens with two attached hydrogens (primary N) is 1. The van der Waals surface area contributed by atoms with E-state index in [1.165, 1.54) is 0 Å².